The first-order valence-corrected chi connectivity index (χ1v) is 8.23. The number of carbonyl (C=O) groups is 2. The van der Waals surface area contributed by atoms with Gasteiger partial charge in [-0.05, 0) is 50.1 Å². The molecule has 24 heavy (non-hydrogen) atoms. The van der Waals surface area contributed by atoms with Crippen molar-refractivity contribution in [2.45, 2.75) is 26.8 Å². The highest BCUT2D eigenvalue weighted by Crippen LogP contribution is 2.26. The van der Waals surface area contributed by atoms with Crippen molar-refractivity contribution in [1.82, 2.24) is 4.90 Å². The molecule has 1 heterocycles. The maximum atomic E-state index is 12.9. The minimum Gasteiger partial charge on any atom is -0.325 e. The first-order chi connectivity index (χ1) is 11.5. The molecule has 1 atom stereocenters. The summed E-state index contributed by atoms with van der Waals surface area (Å²) in [6.45, 7) is 6.89. The van der Waals surface area contributed by atoms with Crippen LogP contribution >= 0.6 is 0 Å². The molecule has 1 aliphatic heterocycles. The highest BCUT2D eigenvalue weighted by molar-refractivity contribution is 6.03. The number of anilines is 1. The van der Waals surface area contributed by atoms with Gasteiger partial charge in [0.15, 0.2) is 0 Å². The lowest BCUT2D eigenvalue weighted by atomic mass is 10.1. The van der Waals surface area contributed by atoms with Gasteiger partial charge in [0.1, 0.15) is 6.04 Å². The van der Waals surface area contributed by atoms with Crippen molar-refractivity contribution in [3.8, 4) is 0 Å². The van der Waals surface area contributed by atoms with Gasteiger partial charge in [0, 0.05) is 24.3 Å². The van der Waals surface area contributed by atoms with Crippen LogP contribution < -0.4 is 4.90 Å². The van der Waals surface area contributed by atoms with Crippen LogP contribution in [0.4, 0.5) is 5.69 Å². The third kappa shape index (κ3) is 2.92. The molecular formula is C20H22N2O2. The maximum Gasteiger partial charge on any atom is 0.254 e. The second-order valence-corrected chi connectivity index (χ2v) is 6.32. The van der Waals surface area contributed by atoms with Crippen molar-refractivity contribution in [3.63, 3.8) is 0 Å². The number of rotatable bonds is 2. The number of hydrogen-bond acceptors (Lipinski definition) is 2. The van der Waals surface area contributed by atoms with Crippen molar-refractivity contribution in [2.24, 2.45) is 0 Å². The third-order valence-corrected chi connectivity index (χ3v) is 4.59. The second kappa shape index (κ2) is 6.48. The number of carbonyl (C=O) groups excluding carboxylic acids is 2. The molecule has 0 radical (unpaired) electrons. The summed E-state index contributed by atoms with van der Waals surface area (Å²) in [5, 5.41) is 0. The molecule has 0 spiro atoms. The molecule has 4 heteroatoms. The Labute approximate surface area is 142 Å². The Morgan fingerprint density at radius 2 is 1.75 bits per heavy atom. The van der Waals surface area contributed by atoms with Crippen molar-refractivity contribution in [1.29, 1.82) is 0 Å². The molecule has 0 aliphatic carbocycles. The molecule has 1 fully saturated rings. The molecule has 2 aromatic carbocycles. The topological polar surface area (TPSA) is 40.6 Å². The molecular weight excluding hydrogens is 300 g/mol. The van der Waals surface area contributed by atoms with E-state index >= 15 is 0 Å². The molecule has 4 nitrogen and oxygen atoms in total. The van der Waals surface area contributed by atoms with Crippen molar-refractivity contribution in [3.05, 3.63) is 65.2 Å². The fourth-order valence-electron chi connectivity index (χ4n) is 3.14. The Bertz CT molecular complexity index is 770. The minimum absolute atomic E-state index is 0.0285. The van der Waals surface area contributed by atoms with E-state index in [-0.39, 0.29) is 11.8 Å². The number of amides is 2. The Balaban J connectivity index is 1.84. The van der Waals surface area contributed by atoms with Gasteiger partial charge in [-0.2, -0.15) is 0 Å². The number of nitrogens with zero attached hydrogens (tertiary/aromatic N) is 2. The summed E-state index contributed by atoms with van der Waals surface area (Å²) in [6, 6.07) is 14.8. The van der Waals surface area contributed by atoms with E-state index in [9.17, 15) is 9.59 Å². The van der Waals surface area contributed by atoms with Crippen LogP contribution in [0.2, 0.25) is 0 Å². The zero-order valence-corrected chi connectivity index (χ0v) is 14.3. The molecule has 124 valence electrons. The highest BCUT2D eigenvalue weighted by atomic mass is 16.2. The SMILES string of the molecule is Cc1ccc(C)c(N2CCN(C(=O)c3ccccc3)C(C)C2=O)c1. The Morgan fingerprint density at radius 3 is 2.46 bits per heavy atom. The van der Waals surface area contributed by atoms with Gasteiger partial charge in [0.25, 0.3) is 5.91 Å². The van der Waals surface area contributed by atoms with Gasteiger partial charge in [-0.3, -0.25) is 9.59 Å². The van der Waals surface area contributed by atoms with E-state index in [1.54, 1.807) is 24.0 Å². The summed E-state index contributed by atoms with van der Waals surface area (Å²) < 4.78 is 0. The maximum absolute atomic E-state index is 12.9. The summed E-state index contributed by atoms with van der Waals surface area (Å²) in [5.74, 6) is -0.115. The summed E-state index contributed by atoms with van der Waals surface area (Å²) in [7, 11) is 0. The fourth-order valence-corrected chi connectivity index (χ4v) is 3.14. The molecule has 2 aromatic rings. The second-order valence-electron chi connectivity index (χ2n) is 6.32. The lowest BCUT2D eigenvalue weighted by molar-refractivity contribution is -0.124. The first-order valence-electron chi connectivity index (χ1n) is 8.23. The molecule has 0 bridgehead atoms. The zero-order chi connectivity index (χ0) is 17.3. The third-order valence-electron chi connectivity index (χ3n) is 4.59. The first kappa shape index (κ1) is 16.2. The van der Waals surface area contributed by atoms with Crippen molar-refractivity contribution < 1.29 is 9.59 Å². The van der Waals surface area contributed by atoms with E-state index in [1.807, 2.05) is 55.1 Å². The Kier molecular flexibility index (Phi) is 4.38. The molecule has 1 unspecified atom stereocenters. The average Bonchev–Trinajstić information content (AvgIpc) is 2.60. The van der Waals surface area contributed by atoms with E-state index < -0.39 is 6.04 Å². The van der Waals surface area contributed by atoms with Crippen LogP contribution in [0, 0.1) is 13.8 Å². The molecule has 3 rings (SSSR count). The minimum atomic E-state index is -0.466. The molecule has 2 amide bonds. The summed E-state index contributed by atoms with van der Waals surface area (Å²) in [4.78, 5) is 29.0. The lowest BCUT2D eigenvalue weighted by Crippen LogP contribution is -2.58. The predicted octanol–water partition coefficient (Wildman–Crippen LogP) is 3.18. The van der Waals surface area contributed by atoms with Crippen LogP contribution in [0.3, 0.4) is 0 Å². The number of hydrogen-bond donors (Lipinski definition) is 0. The summed E-state index contributed by atoms with van der Waals surface area (Å²) in [6.07, 6.45) is 0. The van der Waals surface area contributed by atoms with Crippen LogP contribution in [0.1, 0.15) is 28.4 Å². The van der Waals surface area contributed by atoms with Crippen LogP contribution in [0.15, 0.2) is 48.5 Å². The van der Waals surface area contributed by atoms with Crippen LogP contribution in [-0.4, -0.2) is 35.8 Å². The van der Waals surface area contributed by atoms with E-state index in [0.29, 0.717) is 18.7 Å². The Morgan fingerprint density at radius 1 is 1.04 bits per heavy atom. The Hall–Kier alpha value is -2.62. The predicted molar refractivity (Wildman–Crippen MR) is 95.2 cm³/mol. The van der Waals surface area contributed by atoms with Gasteiger partial charge >= 0.3 is 0 Å². The van der Waals surface area contributed by atoms with Crippen LogP contribution in [0.5, 0.6) is 0 Å². The van der Waals surface area contributed by atoms with E-state index in [1.165, 1.54) is 0 Å². The summed E-state index contributed by atoms with van der Waals surface area (Å²) in [5.41, 5.74) is 3.76. The highest BCUT2D eigenvalue weighted by Gasteiger charge is 2.35. The van der Waals surface area contributed by atoms with Gasteiger partial charge in [-0.1, -0.05) is 30.3 Å². The van der Waals surface area contributed by atoms with E-state index in [0.717, 1.165) is 16.8 Å². The van der Waals surface area contributed by atoms with Gasteiger partial charge in [-0.25, -0.2) is 0 Å². The molecule has 1 aliphatic rings. The normalized spacial score (nSPS) is 18.0. The summed E-state index contributed by atoms with van der Waals surface area (Å²) >= 11 is 0. The van der Waals surface area contributed by atoms with Crippen molar-refractivity contribution in [2.75, 3.05) is 18.0 Å². The molecule has 0 N–H and O–H groups in total. The van der Waals surface area contributed by atoms with Gasteiger partial charge < -0.3 is 9.80 Å². The van der Waals surface area contributed by atoms with Gasteiger partial charge in [-0.15, -0.1) is 0 Å². The van der Waals surface area contributed by atoms with E-state index in [2.05, 4.69) is 0 Å². The van der Waals surface area contributed by atoms with Crippen LogP contribution in [-0.2, 0) is 4.79 Å². The monoisotopic (exact) mass is 322 g/mol. The standard InChI is InChI=1S/C20H22N2O2/c1-14-9-10-15(2)18(13-14)22-12-11-21(16(3)19(22)23)20(24)17-7-5-4-6-8-17/h4-10,13,16H,11-12H2,1-3H3. The lowest BCUT2D eigenvalue weighted by Gasteiger charge is -2.39. The molecule has 1 saturated heterocycles. The van der Waals surface area contributed by atoms with Gasteiger partial charge in [0.2, 0.25) is 5.91 Å². The van der Waals surface area contributed by atoms with Crippen molar-refractivity contribution >= 4 is 17.5 Å². The number of benzene rings is 2. The fraction of sp³-hybridized carbons (Fsp3) is 0.300. The zero-order valence-electron chi connectivity index (χ0n) is 14.3. The van der Waals surface area contributed by atoms with Gasteiger partial charge in [0.05, 0.1) is 0 Å². The largest absolute Gasteiger partial charge is 0.325 e. The van der Waals surface area contributed by atoms with Crippen LogP contribution in [0.25, 0.3) is 0 Å². The molecule has 0 aromatic heterocycles. The smallest absolute Gasteiger partial charge is 0.254 e. The number of piperazine rings is 1. The average molecular weight is 322 g/mol. The number of aryl methyl sites for hydroxylation is 2. The van der Waals surface area contributed by atoms with E-state index in [4.69, 9.17) is 0 Å². The molecule has 0 saturated carbocycles. The quantitative estimate of drug-likeness (QED) is 0.852.